The Morgan fingerprint density at radius 2 is 2.00 bits per heavy atom. The largest absolute Gasteiger partial charge is 0.292 e. The van der Waals surface area contributed by atoms with Crippen LogP contribution in [0.5, 0.6) is 0 Å². The number of Topliss-reactive ketones (excluding diaryl/α,β-unsaturated/α-hetero) is 1. The van der Waals surface area contributed by atoms with Gasteiger partial charge in [-0.2, -0.15) is 0 Å². The van der Waals surface area contributed by atoms with Crippen LogP contribution in [0.1, 0.15) is 35.0 Å². The average molecular weight is 285 g/mol. The van der Waals surface area contributed by atoms with E-state index >= 15 is 0 Å². The van der Waals surface area contributed by atoms with Gasteiger partial charge in [-0.1, -0.05) is 36.4 Å². The molecular weight excluding hydrogens is 266 g/mol. The van der Waals surface area contributed by atoms with Crippen LogP contribution < -0.4 is 0 Å². The van der Waals surface area contributed by atoms with Gasteiger partial charge in [-0.25, -0.2) is 0 Å². The SMILES string of the molecule is CC(C(=O)c1ccccc1)N(Cc1cccs1)C1CC1. The van der Waals surface area contributed by atoms with E-state index in [1.807, 2.05) is 37.3 Å². The summed E-state index contributed by atoms with van der Waals surface area (Å²) in [5, 5.41) is 2.10. The maximum atomic E-state index is 12.6. The number of hydrogen-bond donors (Lipinski definition) is 0. The van der Waals surface area contributed by atoms with Crippen molar-refractivity contribution in [3.8, 4) is 0 Å². The minimum Gasteiger partial charge on any atom is -0.292 e. The van der Waals surface area contributed by atoms with Crippen LogP contribution in [0.2, 0.25) is 0 Å². The molecule has 1 aliphatic rings. The van der Waals surface area contributed by atoms with Crippen LogP contribution in [0.15, 0.2) is 47.8 Å². The van der Waals surface area contributed by atoms with E-state index in [1.165, 1.54) is 17.7 Å². The van der Waals surface area contributed by atoms with Crippen LogP contribution >= 0.6 is 11.3 Å². The molecule has 0 radical (unpaired) electrons. The summed E-state index contributed by atoms with van der Waals surface area (Å²) in [6, 6.07) is 14.4. The predicted octanol–water partition coefficient (Wildman–Crippen LogP) is 3.98. The molecule has 3 heteroatoms. The van der Waals surface area contributed by atoms with Gasteiger partial charge in [0.05, 0.1) is 6.04 Å². The van der Waals surface area contributed by atoms with Gasteiger partial charge in [-0.05, 0) is 31.2 Å². The highest BCUT2D eigenvalue weighted by Gasteiger charge is 2.35. The lowest BCUT2D eigenvalue weighted by Gasteiger charge is -2.27. The Kier molecular flexibility index (Phi) is 3.99. The fraction of sp³-hybridized carbons (Fsp3) is 0.353. The first-order valence-corrected chi connectivity index (χ1v) is 8.01. The second kappa shape index (κ2) is 5.90. The van der Waals surface area contributed by atoms with Crippen molar-refractivity contribution in [2.45, 2.75) is 38.4 Å². The highest BCUT2D eigenvalue weighted by atomic mass is 32.1. The minimum atomic E-state index is -0.0491. The van der Waals surface area contributed by atoms with Crippen molar-refractivity contribution in [3.63, 3.8) is 0 Å². The van der Waals surface area contributed by atoms with Crippen LogP contribution in [0.25, 0.3) is 0 Å². The number of ketones is 1. The summed E-state index contributed by atoms with van der Waals surface area (Å²) in [5.74, 6) is 0.231. The summed E-state index contributed by atoms with van der Waals surface area (Å²) in [4.78, 5) is 16.3. The molecule has 1 aliphatic carbocycles. The van der Waals surface area contributed by atoms with E-state index in [0.717, 1.165) is 12.1 Å². The van der Waals surface area contributed by atoms with Crippen molar-refractivity contribution >= 4 is 17.1 Å². The van der Waals surface area contributed by atoms with Crippen LogP contribution in [0, 0.1) is 0 Å². The first-order valence-electron chi connectivity index (χ1n) is 7.13. The molecule has 1 fully saturated rings. The van der Waals surface area contributed by atoms with E-state index in [2.05, 4.69) is 22.4 Å². The van der Waals surface area contributed by atoms with Gasteiger partial charge >= 0.3 is 0 Å². The standard InChI is InChI=1S/C17H19NOS/c1-13(17(19)14-6-3-2-4-7-14)18(15-9-10-15)12-16-8-5-11-20-16/h2-8,11,13,15H,9-10,12H2,1H3. The summed E-state index contributed by atoms with van der Waals surface area (Å²) >= 11 is 1.77. The topological polar surface area (TPSA) is 20.3 Å². The normalized spacial score (nSPS) is 16.3. The van der Waals surface area contributed by atoms with E-state index in [-0.39, 0.29) is 11.8 Å². The summed E-state index contributed by atoms with van der Waals surface area (Å²) in [7, 11) is 0. The fourth-order valence-corrected chi connectivity index (χ4v) is 3.28. The zero-order valence-corrected chi connectivity index (χ0v) is 12.5. The van der Waals surface area contributed by atoms with E-state index in [1.54, 1.807) is 11.3 Å². The molecule has 0 spiro atoms. The molecular formula is C17H19NOS. The second-order valence-corrected chi connectivity index (χ2v) is 6.42. The summed E-state index contributed by atoms with van der Waals surface area (Å²) < 4.78 is 0. The Bertz CT molecular complexity index is 560. The van der Waals surface area contributed by atoms with Crippen molar-refractivity contribution in [1.29, 1.82) is 0 Å². The van der Waals surface area contributed by atoms with Gasteiger partial charge in [0.25, 0.3) is 0 Å². The molecule has 1 heterocycles. The summed E-state index contributed by atoms with van der Waals surface area (Å²) in [6.07, 6.45) is 2.44. The molecule has 0 saturated heterocycles. The fourth-order valence-electron chi connectivity index (χ4n) is 2.57. The second-order valence-electron chi connectivity index (χ2n) is 5.39. The van der Waals surface area contributed by atoms with Crippen molar-refractivity contribution in [2.75, 3.05) is 0 Å². The summed E-state index contributed by atoms with van der Waals surface area (Å²) in [6.45, 7) is 2.93. The number of carbonyl (C=O) groups excluding carboxylic acids is 1. The molecule has 0 N–H and O–H groups in total. The number of carbonyl (C=O) groups is 1. The Morgan fingerprint density at radius 3 is 2.60 bits per heavy atom. The maximum absolute atomic E-state index is 12.6. The number of thiophene rings is 1. The molecule has 1 unspecified atom stereocenters. The molecule has 0 bridgehead atoms. The molecule has 0 aliphatic heterocycles. The molecule has 1 atom stereocenters. The van der Waals surface area contributed by atoms with Crippen LogP contribution in [-0.4, -0.2) is 22.8 Å². The van der Waals surface area contributed by atoms with Gasteiger partial charge in [0.1, 0.15) is 0 Å². The number of rotatable bonds is 6. The number of nitrogens with zero attached hydrogens (tertiary/aromatic N) is 1. The zero-order chi connectivity index (χ0) is 13.9. The lowest BCUT2D eigenvalue weighted by atomic mass is 10.0. The maximum Gasteiger partial charge on any atom is 0.179 e. The van der Waals surface area contributed by atoms with Crippen molar-refractivity contribution < 1.29 is 4.79 Å². The third-order valence-corrected chi connectivity index (χ3v) is 4.73. The van der Waals surface area contributed by atoms with E-state index < -0.39 is 0 Å². The van der Waals surface area contributed by atoms with Gasteiger partial charge in [0.2, 0.25) is 0 Å². The smallest absolute Gasteiger partial charge is 0.179 e. The molecule has 2 nitrogen and oxygen atoms in total. The Balaban J connectivity index is 1.75. The van der Waals surface area contributed by atoms with E-state index in [0.29, 0.717) is 6.04 Å². The number of benzene rings is 1. The first kappa shape index (κ1) is 13.5. The van der Waals surface area contributed by atoms with Gasteiger partial charge in [0.15, 0.2) is 5.78 Å². The quantitative estimate of drug-likeness (QED) is 0.748. The molecule has 0 amide bonds. The Morgan fingerprint density at radius 1 is 1.25 bits per heavy atom. The first-order chi connectivity index (χ1) is 9.75. The van der Waals surface area contributed by atoms with E-state index in [9.17, 15) is 4.79 Å². The summed E-state index contributed by atoms with van der Waals surface area (Å²) in [5.41, 5.74) is 0.817. The van der Waals surface area contributed by atoms with Crippen molar-refractivity contribution in [1.82, 2.24) is 4.90 Å². The van der Waals surface area contributed by atoms with Gasteiger partial charge in [0, 0.05) is 23.0 Å². The van der Waals surface area contributed by atoms with Gasteiger partial charge in [-0.3, -0.25) is 9.69 Å². The van der Waals surface area contributed by atoms with Crippen LogP contribution in [0.3, 0.4) is 0 Å². The molecule has 3 rings (SSSR count). The van der Waals surface area contributed by atoms with Crippen molar-refractivity contribution in [2.24, 2.45) is 0 Å². The van der Waals surface area contributed by atoms with Crippen molar-refractivity contribution in [3.05, 3.63) is 58.3 Å². The molecule has 1 aromatic heterocycles. The monoisotopic (exact) mass is 285 g/mol. The highest BCUT2D eigenvalue weighted by molar-refractivity contribution is 7.09. The lowest BCUT2D eigenvalue weighted by molar-refractivity contribution is 0.0816. The highest BCUT2D eigenvalue weighted by Crippen LogP contribution is 2.31. The van der Waals surface area contributed by atoms with Crippen LogP contribution in [-0.2, 0) is 6.54 Å². The molecule has 104 valence electrons. The third-order valence-electron chi connectivity index (χ3n) is 3.87. The molecule has 1 saturated carbocycles. The number of hydrogen-bond acceptors (Lipinski definition) is 3. The molecule has 20 heavy (non-hydrogen) atoms. The van der Waals surface area contributed by atoms with E-state index in [4.69, 9.17) is 0 Å². The van der Waals surface area contributed by atoms with Gasteiger partial charge < -0.3 is 0 Å². The minimum absolute atomic E-state index is 0.0491. The molecule has 1 aromatic carbocycles. The van der Waals surface area contributed by atoms with Gasteiger partial charge in [-0.15, -0.1) is 11.3 Å². The third kappa shape index (κ3) is 3.00. The molecule has 2 aromatic rings. The van der Waals surface area contributed by atoms with Crippen LogP contribution in [0.4, 0.5) is 0 Å². The average Bonchev–Trinajstić information content (AvgIpc) is 3.21. The Labute approximate surface area is 124 Å². The lowest BCUT2D eigenvalue weighted by Crippen LogP contribution is -2.40. The predicted molar refractivity (Wildman–Crippen MR) is 83.1 cm³/mol. The zero-order valence-electron chi connectivity index (χ0n) is 11.7. The Hall–Kier alpha value is -1.45.